The molecule has 0 amide bonds. The Labute approximate surface area is 154 Å². The van der Waals surface area contributed by atoms with E-state index in [1.54, 1.807) is 23.9 Å². The summed E-state index contributed by atoms with van der Waals surface area (Å²) in [6, 6.07) is 6.66. The quantitative estimate of drug-likeness (QED) is 0.591. The maximum Gasteiger partial charge on any atom is 0.294 e. The normalized spacial score (nSPS) is 22.7. The molecule has 5 N–H and O–H groups in total. The highest BCUT2D eigenvalue weighted by Crippen LogP contribution is 2.37. The molecule has 1 aliphatic heterocycles. The molecule has 3 rings (SSSR count). The van der Waals surface area contributed by atoms with Crippen molar-refractivity contribution >= 4 is 21.9 Å². The average Bonchev–Trinajstić information content (AvgIpc) is 2.92. The summed E-state index contributed by atoms with van der Waals surface area (Å²) in [7, 11) is -4.02. The number of allylic oxidation sites excluding steroid dienone is 1. The first-order valence-corrected chi connectivity index (χ1v) is 10.8. The number of benzene rings is 1. The summed E-state index contributed by atoms with van der Waals surface area (Å²) in [6.07, 6.45) is 4.80. The van der Waals surface area contributed by atoms with Gasteiger partial charge in [-0.1, -0.05) is 36.4 Å². The smallest absolute Gasteiger partial charge is 0.294 e. The van der Waals surface area contributed by atoms with Crippen molar-refractivity contribution in [2.45, 2.75) is 56.0 Å². The minimum Gasteiger partial charge on any atom is -0.364 e. The van der Waals surface area contributed by atoms with Gasteiger partial charge >= 0.3 is 0 Å². The van der Waals surface area contributed by atoms with Crippen molar-refractivity contribution in [2.75, 3.05) is 6.54 Å². The van der Waals surface area contributed by atoms with E-state index in [0.29, 0.717) is 6.04 Å². The molecule has 6 nitrogen and oxygen atoms in total. The van der Waals surface area contributed by atoms with Gasteiger partial charge in [0.05, 0.1) is 4.90 Å². The lowest BCUT2D eigenvalue weighted by atomic mass is 9.99. The van der Waals surface area contributed by atoms with Crippen LogP contribution in [0.2, 0.25) is 0 Å². The summed E-state index contributed by atoms with van der Waals surface area (Å²) in [5.41, 5.74) is 8.29. The number of hydrogen-bond acceptors (Lipinski definition) is 6. The molecule has 1 aliphatic carbocycles. The van der Waals surface area contributed by atoms with Crippen LogP contribution < -0.4 is 16.4 Å². The molecule has 140 valence electrons. The Morgan fingerprint density at radius 2 is 2.04 bits per heavy atom. The molecule has 0 aromatic heterocycles. The minimum atomic E-state index is -4.02. The summed E-state index contributed by atoms with van der Waals surface area (Å²) >= 11 is 1.79. The van der Waals surface area contributed by atoms with Gasteiger partial charge in [-0.05, 0) is 51.3 Å². The summed E-state index contributed by atoms with van der Waals surface area (Å²) < 4.78 is 29.6. The van der Waals surface area contributed by atoms with Crippen molar-refractivity contribution in [2.24, 2.45) is 5.73 Å². The topological polar surface area (TPSA) is 104 Å². The van der Waals surface area contributed by atoms with Crippen molar-refractivity contribution < 1.29 is 13.0 Å². The van der Waals surface area contributed by atoms with E-state index in [0.717, 1.165) is 18.5 Å². The fraction of sp³-hybridized carbons (Fsp3) is 0.529. The Morgan fingerprint density at radius 3 is 2.64 bits per heavy atom. The van der Waals surface area contributed by atoms with E-state index in [4.69, 9.17) is 10.3 Å². The first-order valence-electron chi connectivity index (χ1n) is 8.48. The number of nitrogens with one attached hydrogen (secondary N) is 2. The monoisotopic (exact) mass is 385 g/mol. The molecule has 1 aromatic rings. The van der Waals surface area contributed by atoms with Gasteiger partial charge in [-0.15, -0.1) is 0 Å². The van der Waals surface area contributed by atoms with E-state index >= 15 is 0 Å². The van der Waals surface area contributed by atoms with Gasteiger partial charge in [0.2, 0.25) is 0 Å². The second kappa shape index (κ2) is 9.05. The van der Waals surface area contributed by atoms with Gasteiger partial charge in [-0.25, -0.2) is 0 Å². The van der Waals surface area contributed by atoms with E-state index in [1.165, 1.54) is 42.0 Å². The highest BCUT2D eigenvalue weighted by atomic mass is 32.2. The maximum atomic E-state index is 10.5. The molecule has 1 aromatic carbocycles. The Kier molecular flexibility index (Phi) is 7.33. The third-order valence-electron chi connectivity index (χ3n) is 4.10. The van der Waals surface area contributed by atoms with Crippen LogP contribution in [0.1, 0.15) is 38.2 Å². The van der Waals surface area contributed by atoms with E-state index in [2.05, 4.69) is 17.6 Å². The molecular weight excluding hydrogens is 358 g/mol. The second-order valence-corrected chi connectivity index (χ2v) is 8.92. The summed E-state index contributed by atoms with van der Waals surface area (Å²) in [6.45, 7) is 5.19. The Morgan fingerprint density at radius 1 is 1.36 bits per heavy atom. The molecule has 2 atom stereocenters. The summed E-state index contributed by atoms with van der Waals surface area (Å²) in [4.78, 5) is 1.42. The summed E-state index contributed by atoms with van der Waals surface area (Å²) in [5, 5.41) is 6.91. The molecule has 0 radical (unpaired) electrons. The molecular formula is C17H27N3O3S2. The predicted octanol–water partition coefficient (Wildman–Crippen LogP) is 2.57. The van der Waals surface area contributed by atoms with Crippen LogP contribution in [0.25, 0.3) is 0 Å². The van der Waals surface area contributed by atoms with Crippen molar-refractivity contribution in [3.05, 3.63) is 40.4 Å². The zero-order valence-electron chi connectivity index (χ0n) is 14.7. The number of rotatable bonds is 4. The average molecular weight is 386 g/mol. The van der Waals surface area contributed by atoms with Crippen LogP contribution in [0, 0.1) is 6.92 Å². The van der Waals surface area contributed by atoms with Crippen LogP contribution in [0.3, 0.4) is 0 Å². The van der Waals surface area contributed by atoms with E-state index in [9.17, 15) is 8.42 Å². The lowest BCUT2D eigenvalue weighted by Crippen LogP contribution is -2.33. The maximum absolute atomic E-state index is 10.5. The van der Waals surface area contributed by atoms with Crippen LogP contribution in [-0.4, -0.2) is 31.1 Å². The molecule has 0 saturated heterocycles. The van der Waals surface area contributed by atoms with Crippen LogP contribution in [-0.2, 0) is 10.1 Å². The van der Waals surface area contributed by atoms with Gasteiger partial charge in [-0.3, -0.25) is 4.55 Å². The molecule has 8 heteroatoms. The lowest BCUT2D eigenvalue weighted by Gasteiger charge is -2.23. The van der Waals surface area contributed by atoms with E-state index in [-0.39, 0.29) is 10.4 Å². The number of nitrogens with two attached hydrogens (primary N) is 1. The fourth-order valence-corrected chi connectivity index (χ4v) is 4.35. The summed E-state index contributed by atoms with van der Waals surface area (Å²) in [5.74, 6) is 0. The van der Waals surface area contributed by atoms with Crippen molar-refractivity contribution in [1.29, 1.82) is 0 Å². The molecule has 0 saturated carbocycles. The lowest BCUT2D eigenvalue weighted by molar-refractivity contribution is 0.458. The zero-order valence-corrected chi connectivity index (χ0v) is 16.3. The second-order valence-electron chi connectivity index (χ2n) is 6.27. The van der Waals surface area contributed by atoms with Gasteiger partial charge < -0.3 is 16.4 Å². The molecule has 25 heavy (non-hydrogen) atoms. The van der Waals surface area contributed by atoms with Gasteiger partial charge in [0.25, 0.3) is 10.1 Å². The van der Waals surface area contributed by atoms with Crippen molar-refractivity contribution in [1.82, 2.24) is 10.6 Å². The van der Waals surface area contributed by atoms with Gasteiger partial charge in [0.15, 0.2) is 0 Å². The first kappa shape index (κ1) is 20.3. The van der Waals surface area contributed by atoms with Gasteiger partial charge in [0, 0.05) is 16.6 Å². The highest BCUT2D eigenvalue weighted by molar-refractivity contribution is 8.03. The fourth-order valence-electron chi connectivity index (χ4n) is 2.77. The van der Waals surface area contributed by atoms with Crippen LogP contribution >= 0.6 is 11.8 Å². The molecule has 0 bridgehead atoms. The number of thioether (sulfide) groups is 1. The SMILES string of the molecule is CCCNC1CCC2=C(C1)SC(N)N2.Cc1ccc(S(=O)(=O)O)cc1. The minimum absolute atomic E-state index is 0.0666. The molecule has 0 spiro atoms. The van der Waals surface area contributed by atoms with Crippen LogP contribution in [0.15, 0.2) is 39.8 Å². The third kappa shape index (κ3) is 6.31. The predicted molar refractivity (Wildman–Crippen MR) is 103 cm³/mol. The Bertz CT molecular complexity index is 702. The van der Waals surface area contributed by atoms with Crippen LogP contribution in [0.4, 0.5) is 0 Å². The van der Waals surface area contributed by atoms with Gasteiger partial charge in [-0.2, -0.15) is 8.42 Å². The van der Waals surface area contributed by atoms with Gasteiger partial charge in [0.1, 0.15) is 5.50 Å². The van der Waals surface area contributed by atoms with Crippen molar-refractivity contribution in [3.63, 3.8) is 0 Å². The highest BCUT2D eigenvalue weighted by Gasteiger charge is 2.27. The zero-order chi connectivity index (χ0) is 18.4. The molecule has 1 heterocycles. The first-order chi connectivity index (χ1) is 11.8. The molecule has 2 aliphatic rings. The standard InChI is InChI=1S/C10H19N3S.C7H8O3S/c1-2-5-12-7-3-4-8-9(6-7)14-10(11)13-8;1-6-2-4-7(5-3-6)11(8,9)10/h7,10,12-13H,2-6,11H2,1H3;2-5H,1H3,(H,8,9,10). The number of aryl methyl sites for hydroxylation is 1. The van der Waals surface area contributed by atoms with Crippen molar-refractivity contribution in [3.8, 4) is 0 Å². The Hall–Kier alpha value is -1.06. The molecule has 0 fully saturated rings. The number of hydrogen-bond donors (Lipinski definition) is 4. The largest absolute Gasteiger partial charge is 0.364 e. The van der Waals surface area contributed by atoms with E-state index in [1.807, 2.05) is 6.92 Å². The third-order valence-corrected chi connectivity index (χ3v) is 6.04. The van der Waals surface area contributed by atoms with E-state index < -0.39 is 10.1 Å². The Balaban J connectivity index is 0.000000186. The van der Waals surface area contributed by atoms with Crippen LogP contribution in [0.5, 0.6) is 0 Å². The molecule has 2 unspecified atom stereocenters.